The van der Waals surface area contributed by atoms with Gasteiger partial charge >= 0.3 is 0 Å². The van der Waals surface area contributed by atoms with E-state index < -0.39 is 0 Å². The monoisotopic (exact) mass is 1470 g/mol. The molecule has 16 aromatic carbocycles. The van der Waals surface area contributed by atoms with Crippen LogP contribution in [0.1, 0.15) is 0 Å². The van der Waals surface area contributed by atoms with Gasteiger partial charge in [0.25, 0.3) is 0 Å². The minimum Gasteiger partial charge on any atom is -0.456 e. The molecule has 0 aliphatic heterocycles. The van der Waals surface area contributed by atoms with E-state index in [9.17, 15) is 0 Å². The van der Waals surface area contributed by atoms with Gasteiger partial charge in [-0.3, -0.25) is 0 Å². The number of hydrogen-bond acceptors (Lipinski definition) is 10. The van der Waals surface area contributed by atoms with Crippen molar-refractivity contribution >= 4 is 107 Å². The van der Waals surface area contributed by atoms with Crippen molar-refractivity contribution < 1.29 is 8.83 Å². The zero-order valence-electron chi connectivity index (χ0n) is 60.1. The van der Waals surface area contributed by atoms with Gasteiger partial charge in [-0.2, -0.15) is 0 Å². The molecule has 22 aromatic rings. The van der Waals surface area contributed by atoms with E-state index in [-0.39, 0.29) is 0 Å². The van der Waals surface area contributed by atoms with Crippen LogP contribution in [0, 0.1) is 0 Å². The second-order valence-electron chi connectivity index (χ2n) is 28.0. The topological polar surface area (TPSA) is 104 Å². The SMILES string of the molecule is c1ccc(-c2cccc(-c3ccc(-c4ccc5sc6cccc(-c7nc(-c8ccccc8)nc(-c8ccc9oc%10ccccc%10c9c8)n7)c6c5c4)cc3)c2)cc1.c1ccc(-c2cccc(-c3ccc(-c4ccc5sc6cccc(-c7nc(-c8ccccc8)nc(-c8cccc9oc%10ccccc%10c89)n7)c6c5c4)cc3)c2)cc1. The molecule has 0 spiro atoms. The van der Waals surface area contributed by atoms with E-state index in [0.29, 0.717) is 34.9 Å². The third-order valence-electron chi connectivity index (χ3n) is 21.1. The van der Waals surface area contributed by atoms with Crippen molar-refractivity contribution in [2.75, 3.05) is 0 Å². The van der Waals surface area contributed by atoms with Gasteiger partial charge in [-0.1, -0.05) is 291 Å². The molecule has 0 saturated heterocycles. The van der Waals surface area contributed by atoms with Gasteiger partial charge in [-0.25, -0.2) is 29.9 Å². The Balaban J connectivity index is 0.000000141. The first-order valence-corrected chi connectivity index (χ1v) is 39.0. The average Bonchev–Trinajstić information content (AvgIpc) is 1.55. The van der Waals surface area contributed by atoms with Gasteiger partial charge in [0, 0.05) is 95.3 Å². The zero-order valence-corrected chi connectivity index (χ0v) is 61.7. The van der Waals surface area contributed by atoms with Crippen LogP contribution in [0.4, 0.5) is 0 Å². The fourth-order valence-corrected chi connectivity index (χ4v) is 17.8. The number of furan rings is 2. The summed E-state index contributed by atoms with van der Waals surface area (Å²) in [6.45, 7) is 0. The Morgan fingerprint density at radius 2 is 0.455 bits per heavy atom. The number of benzene rings is 16. The fraction of sp³-hybridized carbons (Fsp3) is 0. The molecule has 112 heavy (non-hydrogen) atoms. The first-order chi connectivity index (χ1) is 55.4. The highest BCUT2D eigenvalue weighted by molar-refractivity contribution is 7.26. The summed E-state index contributed by atoms with van der Waals surface area (Å²) in [6.07, 6.45) is 0. The third-order valence-corrected chi connectivity index (χ3v) is 23.4. The predicted octanol–water partition coefficient (Wildman–Crippen LogP) is 28.3. The van der Waals surface area contributed by atoms with Crippen LogP contribution >= 0.6 is 22.7 Å². The second kappa shape index (κ2) is 28.0. The fourth-order valence-electron chi connectivity index (χ4n) is 15.6. The van der Waals surface area contributed by atoms with Crippen LogP contribution in [-0.4, -0.2) is 29.9 Å². The first kappa shape index (κ1) is 65.8. The predicted molar refractivity (Wildman–Crippen MR) is 465 cm³/mol. The lowest BCUT2D eigenvalue weighted by Crippen LogP contribution is -2.00. The molecule has 0 N–H and O–H groups in total. The third kappa shape index (κ3) is 12.2. The first-order valence-electron chi connectivity index (χ1n) is 37.3. The number of aromatic nitrogens is 6. The van der Waals surface area contributed by atoms with Gasteiger partial charge in [0.05, 0.1) is 0 Å². The van der Waals surface area contributed by atoms with Crippen molar-refractivity contribution in [3.63, 3.8) is 0 Å². The van der Waals surface area contributed by atoms with Crippen LogP contribution in [0.5, 0.6) is 0 Å². The van der Waals surface area contributed by atoms with Crippen LogP contribution in [0.15, 0.2) is 385 Å². The van der Waals surface area contributed by atoms with Crippen molar-refractivity contribution in [2.24, 2.45) is 0 Å². The Bertz CT molecular complexity index is 7360. The summed E-state index contributed by atoms with van der Waals surface area (Å²) in [5.74, 6) is 3.77. The lowest BCUT2D eigenvalue weighted by Gasteiger charge is -2.10. The number of hydrogen-bond donors (Lipinski definition) is 0. The molecule has 0 amide bonds. The number of nitrogens with zero attached hydrogens (tertiary/aromatic N) is 6. The lowest BCUT2D eigenvalue weighted by molar-refractivity contribution is 0.668. The number of rotatable bonds is 12. The maximum atomic E-state index is 6.27. The molecule has 524 valence electrons. The maximum Gasteiger partial charge on any atom is 0.164 e. The molecule has 22 rings (SSSR count). The molecule has 0 radical (unpaired) electrons. The standard InChI is InChI=1S/2C51H31N3OS/c1-3-12-32(13-4-1)36-16-9-17-37(30-36)33-24-26-34(27-25-33)38-28-29-45-42(31-38)48-41(20-11-23-46(48)56-45)51-53-49(35-14-5-2-6-15-35)52-50(54-51)40-19-10-22-44-47(40)39-18-7-8-21-43(39)55-44;1-3-11-32(12-4-1)36-15-9-16-37(29-36)33-21-23-34(24-22-33)38-26-28-46-43(30-38)48-41(18-10-20-47(48)56-46)51-53-49(35-13-5-2-6-14-35)52-50(54-51)39-25-27-45-42(31-39)40-17-7-8-19-44(40)55-45/h2*1-31H. The van der Waals surface area contributed by atoms with Crippen LogP contribution in [0.25, 0.3) is 219 Å². The molecular formula is C102H62N6O2S2. The van der Waals surface area contributed by atoms with E-state index in [2.05, 4.69) is 267 Å². The molecule has 0 bridgehead atoms. The molecule has 0 unspecified atom stereocenters. The lowest BCUT2D eigenvalue weighted by atomic mass is 9.96. The Kier molecular flexibility index (Phi) is 16.4. The Labute approximate surface area is 652 Å². The molecule has 6 aromatic heterocycles. The molecule has 8 nitrogen and oxygen atoms in total. The highest BCUT2D eigenvalue weighted by Gasteiger charge is 2.23. The zero-order chi connectivity index (χ0) is 74.0. The number of para-hydroxylation sites is 2. The average molecular weight is 1470 g/mol. The van der Waals surface area contributed by atoms with Crippen LogP contribution in [0.2, 0.25) is 0 Å². The molecule has 0 fully saturated rings. The van der Waals surface area contributed by atoms with Crippen LogP contribution in [-0.2, 0) is 0 Å². The second-order valence-corrected chi connectivity index (χ2v) is 30.1. The largest absolute Gasteiger partial charge is 0.456 e. The molecule has 0 aliphatic rings. The minimum atomic E-state index is 0.609. The number of fused-ring (bicyclic) bond motifs is 12. The summed E-state index contributed by atoms with van der Waals surface area (Å²) >= 11 is 3.59. The van der Waals surface area contributed by atoms with Crippen molar-refractivity contribution in [2.45, 2.75) is 0 Å². The van der Waals surface area contributed by atoms with Gasteiger partial charge in [0.1, 0.15) is 22.3 Å². The van der Waals surface area contributed by atoms with E-state index in [4.69, 9.17) is 38.7 Å². The summed E-state index contributed by atoms with van der Waals surface area (Å²) in [4.78, 5) is 30.9. The molecule has 10 heteroatoms. The van der Waals surface area contributed by atoms with E-state index in [1.54, 1.807) is 22.7 Å². The van der Waals surface area contributed by atoms with Crippen molar-refractivity contribution in [3.8, 4) is 135 Å². The minimum absolute atomic E-state index is 0.609. The van der Waals surface area contributed by atoms with Crippen LogP contribution < -0.4 is 0 Å². The summed E-state index contributed by atoms with van der Waals surface area (Å²) in [5.41, 5.74) is 23.3. The highest BCUT2D eigenvalue weighted by atomic mass is 32.1. The molecular weight excluding hydrogens is 1410 g/mol. The summed E-state index contributed by atoms with van der Waals surface area (Å²) in [5, 5.41) is 8.80. The van der Waals surface area contributed by atoms with Crippen molar-refractivity contribution in [3.05, 3.63) is 376 Å². The maximum absolute atomic E-state index is 6.27. The summed E-state index contributed by atoms with van der Waals surface area (Å²) < 4.78 is 17.2. The summed E-state index contributed by atoms with van der Waals surface area (Å²) in [6, 6.07) is 132. The molecule has 0 saturated carbocycles. The normalized spacial score (nSPS) is 11.6. The quantitative estimate of drug-likeness (QED) is 0.119. The van der Waals surface area contributed by atoms with Gasteiger partial charge in [0.15, 0.2) is 34.9 Å². The van der Waals surface area contributed by atoms with E-state index >= 15 is 0 Å². The Morgan fingerprint density at radius 3 is 0.929 bits per heavy atom. The Morgan fingerprint density at radius 1 is 0.161 bits per heavy atom. The highest BCUT2D eigenvalue weighted by Crippen LogP contribution is 2.46. The molecule has 0 atom stereocenters. The van der Waals surface area contributed by atoms with Gasteiger partial charge in [0.2, 0.25) is 0 Å². The smallest absolute Gasteiger partial charge is 0.164 e. The van der Waals surface area contributed by atoms with Gasteiger partial charge < -0.3 is 8.83 Å². The Hall–Kier alpha value is -14.4. The van der Waals surface area contributed by atoms with Gasteiger partial charge in [-0.05, 0) is 152 Å². The van der Waals surface area contributed by atoms with E-state index in [1.165, 1.54) is 90.8 Å². The van der Waals surface area contributed by atoms with E-state index in [0.717, 1.165) is 93.6 Å². The molecule has 0 aliphatic carbocycles. The van der Waals surface area contributed by atoms with Crippen LogP contribution in [0.3, 0.4) is 0 Å². The van der Waals surface area contributed by atoms with E-state index in [1.807, 2.05) is 109 Å². The van der Waals surface area contributed by atoms with Gasteiger partial charge in [-0.15, -0.1) is 22.7 Å². The molecule has 6 heterocycles. The number of thiophene rings is 2. The summed E-state index contributed by atoms with van der Waals surface area (Å²) in [7, 11) is 0. The van der Waals surface area contributed by atoms with Crippen molar-refractivity contribution in [1.29, 1.82) is 0 Å². The van der Waals surface area contributed by atoms with Crippen molar-refractivity contribution in [1.82, 2.24) is 29.9 Å².